The molecule has 2 atom stereocenters. The van der Waals surface area contributed by atoms with Gasteiger partial charge in [-0.25, -0.2) is 4.98 Å². The highest BCUT2D eigenvalue weighted by Gasteiger charge is 2.21. The third-order valence-corrected chi connectivity index (χ3v) is 2.41. The van der Waals surface area contributed by atoms with E-state index in [-0.39, 0.29) is 6.10 Å². The summed E-state index contributed by atoms with van der Waals surface area (Å²) in [6.07, 6.45) is 4.17. The smallest absolute Gasteiger partial charge is 0.223 e. The van der Waals surface area contributed by atoms with Crippen LogP contribution in [0.15, 0.2) is 10.6 Å². The fourth-order valence-corrected chi connectivity index (χ4v) is 1.58. The summed E-state index contributed by atoms with van der Waals surface area (Å²) in [6.45, 7) is 2.43. The molecule has 0 amide bonds. The maximum Gasteiger partial charge on any atom is 0.223 e. The highest BCUT2D eigenvalue weighted by Crippen LogP contribution is 2.28. The third kappa shape index (κ3) is 1.96. The van der Waals surface area contributed by atoms with Crippen molar-refractivity contribution < 1.29 is 14.3 Å². The molecule has 0 bridgehead atoms. The van der Waals surface area contributed by atoms with Crippen LogP contribution in [-0.4, -0.2) is 16.7 Å². The molecular formula is C10H15NO3. The van der Waals surface area contributed by atoms with Crippen LogP contribution in [0.5, 0.6) is 0 Å². The normalized spacial score (nSPS) is 24.9. The molecule has 1 aliphatic heterocycles. The summed E-state index contributed by atoms with van der Waals surface area (Å²) < 4.78 is 10.9. The minimum absolute atomic E-state index is 0.0174. The van der Waals surface area contributed by atoms with Crippen molar-refractivity contribution in [2.24, 2.45) is 0 Å². The van der Waals surface area contributed by atoms with E-state index in [4.69, 9.17) is 9.15 Å². The minimum Gasteiger partial charge on any atom is -0.440 e. The van der Waals surface area contributed by atoms with Crippen LogP contribution in [0.1, 0.15) is 50.0 Å². The Morgan fingerprint density at radius 1 is 1.57 bits per heavy atom. The van der Waals surface area contributed by atoms with Crippen LogP contribution in [0.2, 0.25) is 0 Å². The van der Waals surface area contributed by atoms with Gasteiger partial charge in [0.05, 0.1) is 6.20 Å². The standard InChI is InChI=1S/C10H15NO3/c1-7(12)9-6-11-10(14-9)8-4-2-3-5-13-8/h6-8,12H,2-5H2,1H3. The molecule has 0 spiro atoms. The Hall–Kier alpha value is -0.870. The van der Waals surface area contributed by atoms with Crippen LogP contribution in [0.25, 0.3) is 0 Å². The second-order valence-corrected chi connectivity index (χ2v) is 3.63. The zero-order valence-corrected chi connectivity index (χ0v) is 8.27. The summed E-state index contributed by atoms with van der Waals surface area (Å²) in [4.78, 5) is 4.11. The van der Waals surface area contributed by atoms with E-state index < -0.39 is 6.10 Å². The molecule has 0 saturated carbocycles. The lowest BCUT2D eigenvalue weighted by Gasteiger charge is -2.19. The Morgan fingerprint density at radius 2 is 2.43 bits per heavy atom. The number of hydrogen-bond acceptors (Lipinski definition) is 4. The minimum atomic E-state index is -0.597. The van der Waals surface area contributed by atoms with Gasteiger partial charge in [-0.2, -0.15) is 0 Å². The Morgan fingerprint density at radius 3 is 3.00 bits per heavy atom. The van der Waals surface area contributed by atoms with Crippen molar-refractivity contribution in [1.82, 2.24) is 4.98 Å². The number of nitrogens with zero attached hydrogens (tertiary/aromatic N) is 1. The summed E-state index contributed by atoms with van der Waals surface area (Å²) in [5.74, 6) is 1.11. The Kier molecular flexibility index (Phi) is 2.84. The van der Waals surface area contributed by atoms with E-state index in [1.54, 1.807) is 13.1 Å². The largest absolute Gasteiger partial charge is 0.440 e. The fourth-order valence-electron chi connectivity index (χ4n) is 1.58. The SMILES string of the molecule is CC(O)c1cnc(C2CCCCO2)o1. The summed E-state index contributed by atoms with van der Waals surface area (Å²) in [5.41, 5.74) is 0. The maximum absolute atomic E-state index is 9.26. The molecule has 1 N–H and O–H groups in total. The Balaban J connectivity index is 2.07. The van der Waals surface area contributed by atoms with Crippen LogP contribution >= 0.6 is 0 Å². The molecule has 1 aliphatic rings. The van der Waals surface area contributed by atoms with Gasteiger partial charge < -0.3 is 14.3 Å². The molecule has 1 fully saturated rings. The van der Waals surface area contributed by atoms with Gasteiger partial charge in [0, 0.05) is 6.61 Å². The van der Waals surface area contributed by atoms with Gasteiger partial charge in [0.2, 0.25) is 5.89 Å². The predicted octanol–water partition coefficient (Wildman–Crippen LogP) is 1.97. The molecule has 4 heteroatoms. The highest BCUT2D eigenvalue weighted by atomic mass is 16.5. The predicted molar refractivity (Wildman–Crippen MR) is 49.7 cm³/mol. The molecule has 0 radical (unpaired) electrons. The zero-order valence-electron chi connectivity index (χ0n) is 8.27. The van der Waals surface area contributed by atoms with Crippen LogP contribution in [0.3, 0.4) is 0 Å². The molecule has 1 aromatic rings. The van der Waals surface area contributed by atoms with Crippen molar-refractivity contribution in [2.45, 2.75) is 38.4 Å². The number of aliphatic hydroxyl groups is 1. The van der Waals surface area contributed by atoms with Gasteiger partial charge >= 0.3 is 0 Å². The summed E-state index contributed by atoms with van der Waals surface area (Å²) in [7, 11) is 0. The lowest BCUT2D eigenvalue weighted by molar-refractivity contribution is -0.00337. The molecule has 2 unspecified atom stereocenters. The third-order valence-electron chi connectivity index (χ3n) is 2.41. The van der Waals surface area contributed by atoms with Crippen molar-refractivity contribution >= 4 is 0 Å². The van der Waals surface area contributed by atoms with Crippen molar-refractivity contribution in [1.29, 1.82) is 0 Å². The van der Waals surface area contributed by atoms with Gasteiger partial charge in [-0.1, -0.05) is 0 Å². The molecule has 4 nitrogen and oxygen atoms in total. The van der Waals surface area contributed by atoms with Gasteiger partial charge in [0.1, 0.15) is 12.2 Å². The summed E-state index contributed by atoms with van der Waals surface area (Å²) >= 11 is 0. The molecule has 2 heterocycles. The van der Waals surface area contributed by atoms with E-state index in [2.05, 4.69) is 4.98 Å². The molecular weight excluding hydrogens is 182 g/mol. The number of aliphatic hydroxyl groups excluding tert-OH is 1. The fraction of sp³-hybridized carbons (Fsp3) is 0.700. The van der Waals surface area contributed by atoms with Gasteiger partial charge in [-0.15, -0.1) is 0 Å². The lowest BCUT2D eigenvalue weighted by Crippen LogP contribution is -2.11. The van der Waals surface area contributed by atoms with E-state index in [0.717, 1.165) is 25.9 Å². The summed E-state index contributed by atoms with van der Waals surface area (Å²) in [5, 5.41) is 9.26. The average molecular weight is 197 g/mol. The number of hydrogen-bond donors (Lipinski definition) is 1. The van der Waals surface area contributed by atoms with E-state index in [9.17, 15) is 5.11 Å². The van der Waals surface area contributed by atoms with Crippen molar-refractivity contribution in [3.63, 3.8) is 0 Å². The quantitative estimate of drug-likeness (QED) is 0.787. The molecule has 0 aromatic carbocycles. The van der Waals surface area contributed by atoms with Gasteiger partial charge in [-0.3, -0.25) is 0 Å². The van der Waals surface area contributed by atoms with E-state index in [0.29, 0.717) is 11.7 Å². The second kappa shape index (κ2) is 4.11. The monoisotopic (exact) mass is 197 g/mol. The van der Waals surface area contributed by atoms with Gasteiger partial charge in [0.15, 0.2) is 5.76 Å². The Labute approximate surface area is 82.9 Å². The second-order valence-electron chi connectivity index (χ2n) is 3.63. The molecule has 14 heavy (non-hydrogen) atoms. The van der Waals surface area contributed by atoms with Gasteiger partial charge in [0.25, 0.3) is 0 Å². The molecule has 0 aliphatic carbocycles. The average Bonchev–Trinajstić information content (AvgIpc) is 2.68. The molecule has 2 rings (SSSR count). The van der Waals surface area contributed by atoms with Crippen LogP contribution in [0, 0.1) is 0 Å². The van der Waals surface area contributed by atoms with Crippen LogP contribution in [0.4, 0.5) is 0 Å². The molecule has 1 saturated heterocycles. The zero-order chi connectivity index (χ0) is 9.97. The Bertz CT molecular complexity index is 289. The van der Waals surface area contributed by atoms with Crippen molar-refractivity contribution in [3.8, 4) is 0 Å². The highest BCUT2D eigenvalue weighted by molar-refractivity contribution is 4.99. The van der Waals surface area contributed by atoms with Crippen LogP contribution in [-0.2, 0) is 4.74 Å². The summed E-state index contributed by atoms with van der Waals surface area (Å²) in [6, 6.07) is 0. The molecule has 1 aromatic heterocycles. The maximum atomic E-state index is 9.26. The lowest BCUT2D eigenvalue weighted by atomic mass is 10.1. The van der Waals surface area contributed by atoms with Crippen LogP contribution < -0.4 is 0 Å². The topological polar surface area (TPSA) is 55.5 Å². The van der Waals surface area contributed by atoms with E-state index in [1.807, 2.05) is 0 Å². The van der Waals surface area contributed by atoms with E-state index in [1.165, 1.54) is 0 Å². The molecule has 78 valence electrons. The number of rotatable bonds is 2. The first-order valence-electron chi connectivity index (χ1n) is 5.02. The first-order valence-corrected chi connectivity index (χ1v) is 5.02. The van der Waals surface area contributed by atoms with Crippen molar-refractivity contribution in [3.05, 3.63) is 17.8 Å². The number of oxazole rings is 1. The first-order chi connectivity index (χ1) is 6.77. The first kappa shape index (κ1) is 9.68. The van der Waals surface area contributed by atoms with Gasteiger partial charge in [-0.05, 0) is 26.2 Å². The van der Waals surface area contributed by atoms with Crippen molar-refractivity contribution in [2.75, 3.05) is 6.61 Å². The number of ether oxygens (including phenoxy) is 1. The van der Waals surface area contributed by atoms with E-state index >= 15 is 0 Å². The number of aromatic nitrogens is 1.